The van der Waals surface area contributed by atoms with E-state index in [0.29, 0.717) is 12.3 Å². The van der Waals surface area contributed by atoms with Crippen LogP contribution in [0.1, 0.15) is 25.5 Å². The first-order chi connectivity index (χ1) is 8.59. The molecule has 3 N–H and O–H groups in total. The van der Waals surface area contributed by atoms with Crippen molar-refractivity contribution < 1.29 is 10.2 Å². The van der Waals surface area contributed by atoms with Gasteiger partial charge in [0, 0.05) is 23.5 Å². The van der Waals surface area contributed by atoms with Crippen LogP contribution < -0.4 is 5.32 Å². The summed E-state index contributed by atoms with van der Waals surface area (Å²) in [5.41, 5.74) is 0.856. The second kappa shape index (κ2) is 5.38. The van der Waals surface area contributed by atoms with Gasteiger partial charge in [0.2, 0.25) is 0 Å². The van der Waals surface area contributed by atoms with Crippen LogP contribution in [0.2, 0.25) is 0 Å². The average molecular weight is 245 g/mol. The molecule has 0 saturated heterocycles. The van der Waals surface area contributed by atoms with Crippen molar-refractivity contribution in [2.75, 3.05) is 6.54 Å². The Hall–Kier alpha value is -1.58. The van der Waals surface area contributed by atoms with E-state index in [1.165, 1.54) is 0 Å². The Balaban J connectivity index is 2.31. The maximum atomic E-state index is 10.3. The SMILES string of the molecule is CC(NC[C@@H](C)O)c1ccc2ccccc2c1O. The summed E-state index contributed by atoms with van der Waals surface area (Å²) in [7, 11) is 0. The molecule has 2 rings (SSSR count). The topological polar surface area (TPSA) is 52.5 Å². The number of rotatable bonds is 4. The van der Waals surface area contributed by atoms with Crippen molar-refractivity contribution in [3.8, 4) is 5.75 Å². The van der Waals surface area contributed by atoms with E-state index in [1.54, 1.807) is 6.92 Å². The lowest BCUT2D eigenvalue weighted by Gasteiger charge is -2.17. The highest BCUT2D eigenvalue weighted by Gasteiger charge is 2.12. The van der Waals surface area contributed by atoms with E-state index in [1.807, 2.05) is 43.3 Å². The Bertz CT molecular complexity index is 537. The van der Waals surface area contributed by atoms with Gasteiger partial charge < -0.3 is 15.5 Å². The smallest absolute Gasteiger partial charge is 0.128 e. The molecule has 0 fully saturated rings. The lowest BCUT2D eigenvalue weighted by atomic mass is 10.0. The van der Waals surface area contributed by atoms with Crippen LogP contribution in [0.15, 0.2) is 36.4 Å². The molecule has 0 heterocycles. The van der Waals surface area contributed by atoms with Gasteiger partial charge in [-0.05, 0) is 19.2 Å². The summed E-state index contributed by atoms with van der Waals surface area (Å²) >= 11 is 0. The van der Waals surface area contributed by atoms with Crippen molar-refractivity contribution in [3.05, 3.63) is 42.0 Å². The first-order valence-electron chi connectivity index (χ1n) is 6.21. The number of benzene rings is 2. The number of phenols is 1. The summed E-state index contributed by atoms with van der Waals surface area (Å²) in [6, 6.07) is 11.7. The number of nitrogens with one attached hydrogen (secondary N) is 1. The molecule has 0 aromatic heterocycles. The summed E-state index contributed by atoms with van der Waals surface area (Å²) in [5.74, 6) is 0.318. The molecular weight excluding hydrogens is 226 g/mol. The lowest BCUT2D eigenvalue weighted by Crippen LogP contribution is -2.27. The molecule has 96 valence electrons. The minimum absolute atomic E-state index is 0.00389. The second-order valence-corrected chi connectivity index (χ2v) is 4.70. The summed E-state index contributed by atoms with van der Waals surface area (Å²) in [4.78, 5) is 0. The molecule has 3 nitrogen and oxygen atoms in total. The molecular formula is C15H19NO2. The van der Waals surface area contributed by atoms with E-state index in [4.69, 9.17) is 0 Å². The maximum absolute atomic E-state index is 10.3. The first-order valence-corrected chi connectivity index (χ1v) is 6.21. The van der Waals surface area contributed by atoms with Crippen LogP contribution in [0, 0.1) is 0 Å². The van der Waals surface area contributed by atoms with Gasteiger partial charge in [-0.1, -0.05) is 36.4 Å². The summed E-state index contributed by atoms with van der Waals surface area (Å²) in [5, 5.41) is 24.6. The number of phenolic OH excluding ortho intramolecular Hbond substituents is 1. The van der Waals surface area contributed by atoms with Crippen molar-refractivity contribution in [2.24, 2.45) is 0 Å². The largest absolute Gasteiger partial charge is 0.507 e. The average Bonchev–Trinajstić information content (AvgIpc) is 2.37. The molecule has 0 radical (unpaired) electrons. The molecule has 0 aliphatic rings. The number of hydrogen-bond donors (Lipinski definition) is 3. The Labute approximate surface area is 107 Å². The van der Waals surface area contributed by atoms with E-state index in [-0.39, 0.29) is 6.04 Å². The lowest BCUT2D eigenvalue weighted by molar-refractivity contribution is 0.187. The zero-order valence-electron chi connectivity index (χ0n) is 10.7. The number of aromatic hydroxyl groups is 1. The molecule has 2 aromatic carbocycles. The monoisotopic (exact) mass is 245 g/mol. The third-order valence-electron chi connectivity index (χ3n) is 3.12. The third-order valence-corrected chi connectivity index (χ3v) is 3.12. The van der Waals surface area contributed by atoms with E-state index in [9.17, 15) is 10.2 Å². The third kappa shape index (κ3) is 2.63. The van der Waals surface area contributed by atoms with Crippen LogP contribution in [-0.4, -0.2) is 22.9 Å². The number of hydrogen-bond acceptors (Lipinski definition) is 3. The zero-order chi connectivity index (χ0) is 13.1. The van der Waals surface area contributed by atoms with Crippen LogP contribution in [-0.2, 0) is 0 Å². The van der Waals surface area contributed by atoms with Crippen LogP contribution >= 0.6 is 0 Å². The Kier molecular flexibility index (Phi) is 3.84. The van der Waals surface area contributed by atoms with Crippen LogP contribution in [0.3, 0.4) is 0 Å². The summed E-state index contributed by atoms with van der Waals surface area (Å²) < 4.78 is 0. The predicted octanol–water partition coefficient (Wildman–Crippen LogP) is 2.58. The quantitative estimate of drug-likeness (QED) is 0.776. The molecule has 0 spiro atoms. The van der Waals surface area contributed by atoms with Crippen molar-refractivity contribution in [3.63, 3.8) is 0 Å². The number of fused-ring (bicyclic) bond motifs is 1. The van der Waals surface area contributed by atoms with E-state index >= 15 is 0 Å². The summed E-state index contributed by atoms with van der Waals surface area (Å²) in [6.07, 6.45) is -0.393. The number of aliphatic hydroxyl groups is 1. The molecule has 0 bridgehead atoms. The Morgan fingerprint density at radius 2 is 1.83 bits per heavy atom. The normalized spacial score (nSPS) is 14.6. The minimum Gasteiger partial charge on any atom is -0.507 e. The fraction of sp³-hybridized carbons (Fsp3) is 0.333. The molecule has 0 aliphatic heterocycles. The van der Waals surface area contributed by atoms with E-state index in [2.05, 4.69) is 5.32 Å². The predicted molar refractivity (Wildman–Crippen MR) is 73.7 cm³/mol. The fourth-order valence-corrected chi connectivity index (χ4v) is 2.08. The molecule has 2 atom stereocenters. The van der Waals surface area contributed by atoms with E-state index in [0.717, 1.165) is 16.3 Å². The molecule has 0 saturated carbocycles. The van der Waals surface area contributed by atoms with Crippen molar-refractivity contribution >= 4 is 10.8 Å². The van der Waals surface area contributed by atoms with Crippen molar-refractivity contribution in [1.82, 2.24) is 5.32 Å². The summed E-state index contributed by atoms with van der Waals surface area (Å²) in [6.45, 7) is 4.22. The van der Waals surface area contributed by atoms with Gasteiger partial charge in [-0.3, -0.25) is 0 Å². The van der Waals surface area contributed by atoms with Gasteiger partial charge in [-0.25, -0.2) is 0 Å². The first kappa shape index (κ1) is 12.9. The maximum Gasteiger partial charge on any atom is 0.128 e. The van der Waals surface area contributed by atoms with Crippen LogP contribution in [0.4, 0.5) is 0 Å². The molecule has 2 aromatic rings. The second-order valence-electron chi connectivity index (χ2n) is 4.70. The fourth-order valence-electron chi connectivity index (χ4n) is 2.08. The molecule has 3 heteroatoms. The molecule has 1 unspecified atom stereocenters. The Morgan fingerprint density at radius 3 is 2.56 bits per heavy atom. The van der Waals surface area contributed by atoms with Gasteiger partial charge in [0.1, 0.15) is 5.75 Å². The van der Waals surface area contributed by atoms with Gasteiger partial charge in [0.05, 0.1) is 6.10 Å². The van der Waals surface area contributed by atoms with Gasteiger partial charge in [0.15, 0.2) is 0 Å². The van der Waals surface area contributed by atoms with Crippen LogP contribution in [0.5, 0.6) is 5.75 Å². The van der Waals surface area contributed by atoms with Gasteiger partial charge in [-0.2, -0.15) is 0 Å². The van der Waals surface area contributed by atoms with Crippen LogP contribution in [0.25, 0.3) is 10.8 Å². The number of aliphatic hydroxyl groups excluding tert-OH is 1. The van der Waals surface area contributed by atoms with Gasteiger partial charge in [0.25, 0.3) is 0 Å². The zero-order valence-corrected chi connectivity index (χ0v) is 10.7. The highest BCUT2D eigenvalue weighted by atomic mass is 16.3. The highest BCUT2D eigenvalue weighted by molar-refractivity contribution is 5.89. The van der Waals surface area contributed by atoms with Gasteiger partial charge >= 0.3 is 0 Å². The highest BCUT2D eigenvalue weighted by Crippen LogP contribution is 2.32. The minimum atomic E-state index is -0.393. The standard InChI is InChI=1S/C15H19NO2/c1-10(17)9-16-11(2)13-8-7-12-5-3-4-6-14(12)15(13)18/h3-8,10-11,16-18H,9H2,1-2H3/t10-,11?/m1/s1. The molecule has 0 amide bonds. The van der Waals surface area contributed by atoms with E-state index < -0.39 is 6.10 Å². The molecule has 0 aliphatic carbocycles. The van der Waals surface area contributed by atoms with Crippen molar-refractivity contribution in [1.29, 1.82) is 0 Å². The Morgan fingerprint density at radius 1 is 1.11 bits per heavy atom. The molecule has 18 heavy (non-hydrogen) atoms. The van der Waals surface area contributed by atoms with Gasteiger partial charge in [-0.15, -0.1) is 0 Å². The van der Waals surface area contributed by atoms with Crippen molar-refractivity contribution in [2.45, 2.75) is 26.0 Å².